The van der Waals surface area contributed by atoms with Crippen LogP contribution in [0.4, 0.5) is 5.69 Å². The van der Waals surface area contributed by atoms with Crippen LogP contribution in [0, 0.1) is 0 Å². The van der Waals surface area contributed by atoms with Crippen LogP contribution in [0.1, 0.15) is 47.1 Å². The highest BCUT2D eigenvalue weighted by Crippen LogP contribution is 2.34. The van der Waals surface area contributed by atoms with E-state index in [2.05, 4.69) is 83.3 Å². The monoisotopic (exact) mass is 255 g/mol. The van der Waals surface area contributed by atoms with Gasteiger partial charge in [-0.15, -0.1) is 0 Å². The van der Waals surface area contributed by atoms with Gasteiger partial charge in [0, 0.05) is 16.6 Å². The Hall–Kier alpha value is -1.50. The summed E-state index contributed by atoms with van der Waals surface area (Å²) < 4.78 is 0. The topological polar surface area (TPSA) is 12.0 Å². The fraction of sp³-hybridized carbons (Fsp3) is 0.444. The minimum atomic E-state index is 0.0754. The molecule has 2 aromatic carbocycles. The van der Waals surface area contributed by atoms with Crippen molar-refractivity contribution in [2.45, 2.75) is 52.5 Å². The second kappa shape index (κ2) is 4.56. The maximum absolute atomic E-state index is 3.60. The van der Waals surface area contributed by atoms with E-state index in [1.807, 2.05) is 0 Å². The van der Waals surface area contributed by atoms with Gasteiger partial charge in [-0.2, -0.15) is 0 Å². The van der Waals surface area contributed by atoms with E-state index in [4.69, 9.17) is 0 Å². The number of nitrogens with one attached hydrogen (secondary N) is 1. The molecule has 0 atom stereocenters. The molecule has 0 saturated carbocycles. The van der Waals surface area contributed by atoms with Gasteiger partial charge < -0.3 is 5.32 Å². The van der Waals surface area contributed by atoms with Gasteiger partial charge in [0.15, 0.2) is 0 Å². The molecule has 1 N–H and O–H groups in total. The molecule has 0 unspecified atom stereocenters. The lowest BCUT2D eigenvalue weighted by atomic mass is 9.83. The average Bonchev–Trinajstić information content (AvgIpc) is 2.25. The highest BCUT2D eigenvalue weighted by molar-refractivity contribution is 5.96. The maximum atomic E-state index is 3.60. The van der Waals surface area contributed by atoms with Gasteiger partial charge in [-0.05, 0) is 43.2 Å². The molecule has 0 amide bonds. The van der Waals surface area contributed by atoms with E-state index in [1.54, 1.807) is 0 Å². The van der Waals surface area contributed by atoms with Crippen molar-refractivity contribution in [1.29, 1.82) is 0 Å². The lowest BCUT2D eigenvalue weighted by Crippen LogP contribution is -2.26. The molecule has 2 rings (SSSR count). The molecule has 19 heavy (non-hydrogen) atoms. The van der Waals surface area contributed by atoms with Gasteiger partial charge in [-0.1, -0.05) is 51.1 Å². The van der Waals surface area contributed by atoms with E-state index < -0.39 is 0 Å². The number of hydrogen-bond acceptors (Lipinski definition) is 1. The first-order chi connectivity index (χ1) is 8.68. The minimum absolute atomic E-state index is 0.0754. The number of benzene rings is 2. The summed E-state index contributed by atoms with van der Waals surface area (Å²) in [7, 11) is 0. The van der Waals surface area contributed by atoms with E-state index in [1.165, 1.54) is 22.0 Å². The molecule has 0 aliphatic rings. The third-order valence-corrected chi connectivity index (χ3v) is 3.24. The lowest BCUT2D eigenvalue weighted by Gasteiger charge is -2.26. The molecule has 2 aromatic rings. The fourth-order valence-electron chi connectivity index (χ4n) is 2.47. The zero-order valence-electron chi connectivity index (χ0n) is 13.0. The predicted octanol–water partition coefficient (Wildman–Crippen LogP) is 5.35. The quantitative estimate of drug-likeness (QED) is 0.724. The van der Waals surface area contributed by atoms with Gasteiger partial charge in [0.05, 0.1) is 0 Å². The molecule has 0 spiro atoms. The Morgan fingerprint density at radius 3 is 1.84 bits per heavy atom. The van der Waals surface area contributed by atoms with Crippen LogP contribution in [0.3, 0.4) is 0 Å². The third kappa shape index (κ3) is 3.09. The van der Waals surface area contributed by atoms with Crippen molar-refractivity contribution in [1.82, 2.24) is 0 Å². The number of hydrogen-bond donors (Lipinski definition) is 1. The van der Waals surface area contributed by atoms with Gasteiger partial charge >= 0.3 is 0 Å². The Morgan fingerprint density at radius 1 is 0.737 bits per heavy atom. The summed E-state index contributed by atoms with van der Waals surface area (Å²) in [5.41, 5.74) is 2.87. The molecule has 0 radical (unpaired) electrons. The van der Waals surface area contributed by atoms with Crippen LogP contribution in [0.2, 0.25) is 0 Å². The molecular formula is C18H25N. The normalized spacial score (nSPS) is 12.7. The van der Waals surface area contributed by atoms with Crippen molar-refractivity contribution in [3.05, 3.63) is 42.0 Å². The van der Waals surface area contributed by atoms with Crippen molar-refractivity contribution in [2.75, 3.05) is 5.32 Å². The second-order valence-electron chi connectivity index (χ2n) is 7.33. The van der Waals surface area contributed by atoms with E-state index >= 15 is 0 Å². The third-order valence-electron chi connectivity index (χ3n) is 3.24. The Morgan fingerprint density at radius 2 is 1.32 bits per heavy atom. The molecule has 102 valence electrons. The Labute approximate surface area is 117 Å². The largest absolute Gasteiger partial charge is 0.380 e. The van der Waals surface area contributed by atoms with E-state index in [0.29, 0.717) is 0 Å². The van der Waals surface area contributed by atoms with Crippen LogP contribution in [0.5, 0.6) is 0 Å². The molecule has 1 nitrogen and oxygen atoms in total. The summed E-state index contributed by atoms with van der Waals surface area (Å²) in [4.78, 5) is 0. The van der Waals surface area contributed by atoms with Gasteiger partial charge in [-0.3, -0.25) is 0 Å². The molecule has 0 aliphatic carbocycles. The molecule has 0 aromatic heterocycles. The first-order valence-corrected chi connectivity index (χ1v) is 6.99. The van der Waals surface area contributed by atoms with Crippen LogP contribution in [0.25, 0.3) is 10.8 Å². The van der Waals surface area contributed by atoms with E-state index in [-0.39, 0.29) is 11.0 Å². The van der Waals surface area contributed by atoms with Crippen molar-refractivity contribution >= 4 is 16.5 Å². The smallest absolute Gasteiger partial charge is 0.0424 e. The van der Waals surface area contributed by atoms with Crippen molar-refractivity contribution in [3.63, 3.8) is 0 Å². The number of rotatable bonds is 1. The lowest BCUT2D eigenvalue weighted by molar-refractivity contribution is 0.595. The van der Waals surface area contributed by atoms with E-state index in [0.717, 1.165) is 0 Å². The van der Waals surface area contributed by atoms with Crippen LogP contribution in [0.15, 0.2) is 36.4 Å². The summed E-state index contributed by atoms with van der Waals surface area (Å²) in [6, 6.07) is 13.1. The minimum Gasteiger partial charge on any atom is -0.380 e. The van der Waals surface area contributed by atoms with Gasteiger partial charge in [-0.25, -0.2) is 0 Å². The molecule has 1 heteroatoms. The fourth-order valence-corrected chi connectivity index (χ4v) is 2.47. The molecular weight excluding hydrogens is 230 g/mol. The van der Waals surface area contributed by atoms with Crippen LogP contribution >= 0.6 is 0 Å². The predicted molar refractivity (Wildman–Crippen MR) is 86.0 cm³/mol. The van der Waals surface area contributed by atoms with Crippen molar-refractivity contribution in [2.24, 2.45) is 0 Å². The summed E-state index contributed by atoms with van der Waals surface area (Å²) in [5.74, 6) is 0. The number of fused-ring (bicyclic) bond motifs is 1. The van der Waals surface area contributed by atoms with Crippen LogP contribution in [-0.2, 0) is 5.41 Å². The SMILES string of the molecule is CC(C)(C)Nc1ccc(C(C)(C)C)c2ccccc12. The van der Waals surface area contributed by atoms with Crippen LogP contribution < -0.4 is 5.32 Å². The standard InChI is InChI=1S/C18H25N/c1-17(2,3)15-11-12-16(19-18(4,5)6)14-10-8-7-9-13(14)15/h7-12,19H,1-6H3. The van der Waals surface area contributed by atoms with Crippen LogP contribution in [-0.4, -0.2) is 5.54 Å². The van der Waals surface area contributed by atoms with E-state index in [9.17, 15) is 0 Å². The summed E-state index contributed by atoms with van der Waals surface area (Å²) >= 11 is 0. The average molecular weight is 255 g/mol. The molecule has 0 fully saturated rings. The summed E-state index contributed by atoms with van der Waals surface area (Å²) in [5, 5.41) is 6.26. The Balaban J connectivity index is 2.65. The molecule has 0 heterocycles. The zero-order chi connectivity index (χ0) is 14.3. The maximum Gasteiger partial charge on any atom is 0.0424 e. The van der Waals surface area contributed by atoms with Gasteiger partial charge in [0.25, 0.3) is 0 Å². The molecule has 0 aliphatic heterocycles. The second-order valence-corrected chi connectivity index (χ2v) is 7.33. The zero-order valence-corrected chi connectivity index (χ0v) is 13.0. The Bertz CT molecular complexity index is 583. The Kier molecular flexibility index (Phi) is 3.34. The van der Waals surface area contributed by atoms with Crippen molar-refractivity contribution in [3.8, 4) is 0 Å². The van der Waals surface area contributed by atoms with Gasteiger partial charge in [0.1, 0.15) is 0 Å². The highest BCUT2D eigenvalue weighted by Gasteiger charge is 2.19. The number of anilines is 1. The molecule has 0 saturated heterocycles. The summed E-state index contributed by atoms with van der Waals surface area (Å²) in [6.07, 6.45) is 0. The van der Waals surface area contributed by atoms with Crippen molar-refractivity contribution < 1.29 is 0 Å². The van der Waals surface area contributed by atoms with Gasteiger partial charge in [0.2, 0.25) is 0 Å². The summed E-state index contributed by atoms with van der Waals surface area (Å²) in [6.45, 7) is 13.4. The first-order valence-electron chi connectivity index (χ1n) is 6.99. The first kappa shape index (κ1) is 13.9. The molecule has 0 bridgehead atoms. The highest BCUT2D eigenvalue weighted by atomic mass is 14.9.